The second kappa shape index (κ2) is 5.79. The largest absolute Gasteiger partial charge is 0.479 e. The summed E-state index contributed by atoms with van der Waals surface area (Å²) in [5.41, 5.74) is 0.646. The monoisotopic (exact) mass is 293 g/mol. The van der Waals surface area contributed by atoms with Gasteiger partial charge in [-0.2, -0.15) is 0 Å². The molecule has 6 nitrogen and oxygen atoms in total. The molecule has 104 valence electrons. The Kier molecular flexibility index (Phi) is 4.09. The quantitative estimate of drug-likeness (QED) is 0.823. The number of aliphatic carboxylic acids is 1. The van der Waals surface area contributed by atoms with E-state index in [2.05, 4.69) is 5.32 Å². The number of hydrogen-bond donors (Lipinski definition) is 2. The topological polar surface area (TPSA) is 92.7 Å². The van der Waals surface area contributed by atoms with Crippen LogP contribution in [0.25, 0.3) is 6.08 Å². The predicted octanol–water partition coefficient (Wildman–Crippen LogP) is 1.86. The number of amides is 2. The molecule has 0 radical (unpaired) electrons. The van der Waals surface area contributed by atoms with Gasteiger partial charge < -0.3 is 9.84 Å². The maximum atomic E-state index is 11.4. The lowest BCUT2D eigenvalue weighted by molar-refractivity contribution is -0.144. The highest BCUT2D eigenvalue weighted by atomic mass is 32.2. The van der Waals surface area contributed by atoms with Crippen LogP contribution >= 0.6 is 11.8 Å². The summed E-state index contributed by atoms with van der Waals surface area (Å²) < 4.78 is 5.23. The Morgan fingerprint density at radius 2 is 2.20 bits per heavy atom. The van der Waals surface area contributed by atoms with Crippen LogP contribution in [0.5, 0.6) is 5.75 Å². The molecular weight excluding hydrogens is 282 g/mol. The standard InChI is InChI=1S/C13H11NO5S/c1-7(12(16)17)19-9-4-2-3-8(5-9)6-10-11(15)14-13(18)20-10/h2-7H,1H3,(H,16,17)(H,14,15,18)/b10-6+. The van der Waals surface area contributed by atoms with E-state index in [1.807, 2.05) is 0 Å². The number of carbonyl (C=O) groups is 3. The van der Waals surface area contributed by atoms with Crippen molar-refractivity contribution in [3.8, 4) is 5.75 Å². The molecule has 1 heterocycles. The van der Waals surface area contributed by atoms with Crippen molar-refractivity contribution in [1.29, 1.82) is 0 Å². The zero-order chi connectivity index (χ0) is 14.7. The fraction of sp³-hybridized carbons (Fsp3) is 0.154. The van der Waals surface area contributed by atoms with Gasteiger partial charge >= 0.3 is 5.97 Å². The number of thioether (sulfide) groups is 1. The first-order chi connectivity index (χ1) is 9.45. The maximum absolute atomic E-state index is 11.4. The number of ether oxygens (including phenoxy) is 1. The minimum Gasteiger partial charge on any atom is -0.479 e. The number of carbonyl (C=O) groups excluding carboxylic acids is 2. The van der Waals surface area contributed by atoms with Crippen molar-refractivity contribution < 1.29 is 24.2 Å². The van der Waals surface area contributed by atoms with E-state index in [1.165, 1.54) is 6.92 Å². The van der Waals surface area contributed by atoms with Gasteiger partial charge in [0.25, 0.3) is 11.1 Å². The van der Waals surface area contributed by atoms with Gasteiger partial charge in [-0.1, -0.05) is 12.1 Å². The molecule has 2 N–H and O–H groups in total. The highest BCUT2D eigenvalue weighted by Gasteiger charge is 2.24. The molecule has 20 heavy (non-hydrogen) atoms. The molecule has 1 saturated heterocycles. The Balaban J connectivity index is 2.18. The van der Waals surface area contributed by atoms with Crippen molar-refractivity contribution in [3.63, 3.8) is 0 Å². The first-order valence-corrected chi connectivity index (χ1v) is 6.52. The zero-order valence-electron chi connectivity index (χ0n) is 10.5. The van der Waals surface area contributed by atoms with Crippen LogP contribution in [0.1, 0.15) is 12.5 Å². The molecule has 2 rings (SSSR count). The number of imide groups is 1. The molecule has 1 aliphatic rings. The lowest BCUT2D eigenvalue weighted by Crippen LogP contribution is -2.22. The molecule has 0 aromatic heterocycles. The summed E-state index contributed by atoms with van der Waals surface area (Å²) in [7, 11) is 0. The van der Waals surface area contributed by atoms with Gasteiger partial charge in [0.1, 0.15) is 5.75 Å². The van der Waals surface area contributed by atoms with Crippen molar-refractivity contribution in [2.24, 2.45) is 0 Å². The van der Waals surface area contributed by atoms with E-state index in [0.717, 1.165) is 11.8 Å². The normalized spacial score (nSPS) is 17.9. The van der Waals surface area contributed by atoms with E-state index >= 15 is 0 Å². The number of carboxylic acid groups (broad SMARTS) is 1. The average molecular weight is 293 g/mol. The van der Waals surface area contributed by atoms with Crippen LogP contribution in [0.4, 0.5) is 4.79 Å². The summed E-state index contributed by atoms with van der Waals surface area (Å²) in [6.07, 6.45) is 0.576. The van der Waals surface area contributed by atoms with Crippen LogP contribution in [-0.4, -0.2) is 28.3 Å². The molecule has 1 atom stereocenters. The first kappa shape index (κ1) is 14.1. The molecule has 1 unspecified atom stereocenters. The summed E-state index contributed by atoms with van der Waals surface area (Å²) in [5, 5.41) is 10.5. The highest BCUT2D eigenvalue weighted by molar-refractivity contribution is 8.18. The van der Waals surface area contributed by atoms with Crippen molar-refractivity contribution in [2.75, 3.05) is 0 Å². The fourth-order valence-corrected chi connectivity index (χ4v) is 2.19. The molecule has 1 aliphatic heterocycles. The first-order valence-electron chi connectivity index (χ1n) is 5.70. The van der Waals surface area contributed by atoms with Gasteiger partial charge in [0.2, 0.25) is 0 Å². The summed E-state index contributed by atoms with van der Waals surface area (Å²) in [5.74, 6) is -1.13. The smallest absolute Gasteiger partial charge is 0.344 e. The van der Waals surface area contributed by atoms with Crippen LogP contribution in [0.15, 0.2) is 29.2 Å². The number of hydrogen-bond acceptors (Lipinski definition) is 5. The lowest BCUT2D eigenvalue weighted by atomic mass is 10.2. The maximum Gasteiger partial charge on any atom is 0.344 e. The third-order valence-electron chi connectivity index (χ3n) is 2.46. The Bertz CT molecular complexity index is 611. The van der Waals surface area contributed by atoms with E-state index < -0.39 is 23.2 Å². The van der Waals surface area contributed by atoms with Crippen molar-refractivity contribution in [3.05, 3.63) is 34.7 Å². The van der Waals surface area contributed by atoms with Crippen molar-refractivity contribution >= 4 is 35.0 Å². The predicted molar refractivity (Wildman–Crippen MR) is 73.3 cm³/mol. The summed E-state index contributed by atoms with van der Waals surface area (Å²) in [6.45, 7) is 1.42. The van der Waals surface area contributed by atoms with Gasteiger partial charge in [0.05, 0.1) is 4.91 Å². The lowest BCUT2D eigenvalue weighted by Gasteiger charge is -2.10. The molecule has 7 heteroatoms. The zero-order valence-corrected chi connectivity index (χ0v) is 11.3. The van der Waals surface area contributed by atoms with Gasteiger partial charge in [-0.3, -0.25) is 14.9 Å². The molecule has 0 bridgehead atoms. The van der Waals surface area contributed by atoms with Crippen molar-refractivity contribution in [1.82, 2.24) is 5.32 Å². The number of rotatable bonds is 4. The van der Waals surface area contributed by atoms with Gasteiger partial charge in [0.15, 0.2) is 6.10 Å². The third-order valence-corrected chi connectivity index (χ3v) is 3.27. The van der Waals surface area contributed by atoms with E-state index in [0.29, 0.717) is 16.2 Å². The Hall–Kier alpha value is -2.28. The summed E-state index contributed by atoms with van der Waals surface area (Å²) >= 11 is 0.820. The molecule has 1 aromatic carbocycles. The van der Waals surface area contributed by atoms with Gasteiger partial charge in [-0.25, -0.2) is 4.79 Å². The number of benzene rings is 1. The van der Waals surface area contributed by atoms with Gasteiger partial charge in [0, 0.05) is 0 Å². The Morgan fingerprint density at radius 3 is 2.80 bits per heavy atom. The van der Waals surface area contributed by atoms with E-state index in [1.54, 1.807) is 30.3 Å². The van der Waals surface area contributed by atoms with Crippen LogP contribution in [0.2, 0.25) is 0 Å². The average Bonchev–Trinajstić information content (AvgIpc) is 2.68. The van der Waals surface area contributed by atoms with Crippen LogP contribution < -0.4 is 10.1 Å². The van der Waals surface area contributed by atoms with E-state index in [9.17, 15) is 14.4 Å². The molecule has 0 aliphatic carbocycles. The Morgan fingerprint density at radius 1 is 1.45 bits per heavy atom. The summed E-state index contributed by atoms with van der Waals surface area (Å²) in [6, 6.07) is 6.62. The third kappa shape index (κ3) is 3.39. The fourth-order valence-electron chi connectivity index (χ4n) is 1.50. The van der Waals surface area contributed by atoms with E-state index in [4.69, 9.17) is 9.84 Å². The molecule has 0 saturated carbocycles. The minimum atomic E-state index is -1.06. The summed E-state index contributed by atoms with van der Waals surface area (Å²) in [4.78, 5) is 33.5. The molecule has 1 fully saturated rings. The number of carboxylic acids is 1. The minimum absolute atomic E-state index is 0.290. The second-order valence-electron chi connectivity index (χ2n) is 4.02. The molecular formula is C13H11NO5S. The van der Waals surface area contributed by atoms with Gasteiger partial charge in [-0.05, 0) is 42.5 Å². The van der Waals surface area contributed by atoms with E-state index in [-0.39, 0.29) is 0 Å². The molecule has 0 spiro atoms. The highest BCUT2D eigenvalue weighted by Crippen LogP contribution is 2.26. The molecule has 2 amide bonds. The SMILES string of the molecule is CC(Oc1cccc(/C=C2/SC(=O)NC2=O)c1)C(=O)O. The van der Waals surface area contributed by atoms with Crippen LogP contribution in [0, 0.1) is 0 Å². The van der Waals surface area contributed by atoms with Gasteiger partial charge in [-0.15, -0.1) is 0 Å². The number of nitrogens with one attached hydrogen (secondary N) is 1. The van der Waals surface area contributed by atoms with Crippen LogP contribution in [-0.2, 0) is 9.59 Å². The molecule has 1 aromatic rings. The van der Waals surface area contributed by atoms with Crippen molar-refractivity contribution in [2.45, 2.75) is 13.0 Å². The Labute approximate surface area is 118 Å². The second-order valence-corrected chi connectivity index (χ2v) is 5.04. The van der Waals surface area contributed by atoms with Crippen LogP contribution in [0.3, 0.4) is 0 Å².